The van der Waals surface area contributed by atoms with E-state index in [1.165, 1.54) is 6.26 Å². The van der Waals surface area contributed by atoms with Crippen molar-refractivity contribution < 1.29 is 18.7 Å². The highest BCUT2D eigenvalue weighted by molar-refractivity contribution is 6.05. The molecule has 0 bridgehead atoms. The first-order valence-electron chi connectivity index (χ1n) is 9.11. The number of aromatic nitrogens is 1. The third-order valence-corrected chi connectivity index (χ3v) is 4.13. The molecule has 0 radical (unpaired) electrons. The molecule has 0 aliphatic rings. The summed E-state index contributed by atoms with van der Waals surface area (Å²) in [6, 6.07) is 20.4. The number of amides is 2. The van der Waals surface area contributed by atoms with Gasteiger partial charge in [0, 0.05) is 23.1 Å². The monoisotopic (exact) mass is 399 g/mol. The number of hydrogen-bond donors (Lipinski definition) is 2. The van der Waals surface area contributed by atoms with Gasteiger partial charge >= 0.3 is 0 Å². The van der Waals surface area contributed by atoms with Gasteiger partial charge in [0.15, 0.2) is 5.76 Å². The highest BCUT2D eigenvalue weighted by Crippen LogP contribution is 2.21. The van der Waals surface area contributed by atoms with Crippen LogP contribution in [0.4, 0.5) is 11.4 Å². The van der Waals surface area contributed by atoms with E-state index < -0.39 is 0 Å². The topological polar surface area (TPSA) is 93.5 Å². The Morgan fingerprint density at radius 2 is 1.47 bits per heavy atom. The molecule has 7 heteroatoms. The number of hydrogen-bond acceptors (Lipinski definition) is 5. The van der Waals surface area contributed by atoms with E-state index in [-0.39, 0.29) is 17.6 Å². The largest absolute Gasteiger partial charge is 0.459 e. The number of carbonyl (C=O) groups is 2. The lowest BCUT2D eigenvalue weighted by molar-refractivity contribution is 0.0994. The van der Waals surface area contributed by atoms with Gasteiger partial charge in [0.1, 0.15) is 11.5 Å². The minimum Gasteiger partial charge on any atom is -0.459 e. The van der Waals surface area contributed by atoms with Crippen molar-refractivity contribution in [3.8, 4) is 11.5 Å². The molecule has 148 valence electrons. The second-order valence-electron chi connectivity index (χ2n) is 6.28. The average molecular weight is 399 g/mol. The highest BCUT2D eigenvalue weighted by Gasteiger charge is 2.10. The fourth-order valence-corrected chi connectivity index (χ4v) is 2.66. The van der Waals surface area contributed by atoms with Crippen LogP contribution in [0.15, 0.2) is 95.9 Å². The summed E-state index contributed by atoms with van der Waals surface area (Å²) in [6.45, 7) is 0. The second-order valence-corrected chi connectivity index (χ2v) is 6.28. The summed E-state index contributed by atoms with van der Waals surface area (Å²) in [7, 11) is 0. The lowest BCUT2D eigenvalue weighted by Crippen LogP contribution is -2.12. The quantitative estimate of drug-likeness (QED) is 0.477. The van der Waals surface area contributed by atoms with Crippen molar-refractivity contribution in [1.29, 1.82) is 0 Å². The predicted molar refractivity (Wildman–Crippen MR) is 112 cm³/mol. The van der Waals surface area contributed by atoms with E-state index in [9.17, 15) is 9.59 Å². The molecule has 0 unspecified atom stereocenters. The first-order valence-corrected chi connectivity index (χ1v) is 9.11. The molecule has 2 aromatic heterocycles. The number of carbonyl (C=O) groups excluding carboxylic acids is 2. The van der Waals surface area contributed by atoms with Gasteiger partial charge < -0.3 is 19.8 Å². The van der Waals surface area contributed by atoms with Gasteiger partial charge in [-0.25, -0.2) is 0 Å². The third kappa shape index (κ3) is 4.71. The molecule has 0 saturated heterocycles. The van der Waals surface area contributed by atoms with Crippen LogP contribution in [-0.4, -0.2) is 16.8 Å². The van der Waals surface area contributed by atoms with Gasteiger partial charge in [-0.2, -0.15) is 0 Å². The van der Waals surface area contributed by atoms with E-state index in [0.717, 1.165) is 0 Å². The van der Waals surface area contributed by atoms with Crippen molar-refractivity contribution in [2.45, 2.75) is 0 Å². The zero-order valence-corrected chi connectivity index (χ0v) is 15.7. The minimum atomic E-state index is -0.342. The van der Waals surface area contributed by atoms with Crippen molar-refractivity contribution in [2.75, 3.05) is 10.6 Å². The number of benzene rings is 2. The molecule has 2 aromatic carbocycles. The van der Waals surface area contributed by atoms with Crippen molar-refractivity contribution in [3.63, 3.8) is 0 Å². The first kappa shape index (κ1) is 18.9. The molecule has 0 spiro atoms. The van der Waals surface area contributed by atoms with E-state index in [1.54, 1.807) is 85.2 Å². The molecule has 0 fully saturated rings. The number of furan rings is 1. The lowest BCUT2D eigenvalue weighted by atomic mass is 10.2. The molecule has 2 heterocycles. The summed E-state index contributed by atoms with van der Waals surface area (Å²) in [5.74, 6) is 0.856. The maximum Gasteiger partial charge on any atom is 0.291 e. The van der Waals surface area contributed by atoms with Gasteiger partial charge in [-0.05, 0) is 72.8 Å². The molecule has 2 amide bonds. The highest BCUT2D eigenvalue weighted by atomic mass is 16.5. The molecular weight excluding hydrogens is 382 g/mol. The fraction of sp³-hybridized carbons (Fsp3) is 0. The number of nitrogens with zero attached hydrogens (tertiary/aromatic N) is 1. The van der Waals surface area contributed by atoms with Crippen molar-refractivity contribution >= 4 is 23.2 Å². The van der Waals surface area contributed by atoms with Gasteiger partial charge in [-0.1, -0.05) is 0 Å². The SMILES string of the molecule is O=C(Nc1ccc(NC(=O)c2ccco2)cc1)c1ccc(Oc2cccnc2)cc1. The molecule has 30 heavy (non-hydrogen) atoms. The Labute approximate surface area is 172 Å². The summed E-state index contributed by atoms with van der Waals surface area (Å²) >= 11 is 0. The van der Waals surface area contributed by atoms with Crippen LogP contribution in [0.3, 0.4) is 0 Å². The maximum absolute atomic E-state index is 12.5. The molecule has 0 saturated carbocycles. The van der Waals surface area contributed by atoms with Crippen LogP contribution in [0, 0.1) is 0 Å². The molecule has 0 aliphatic carbocycles. The zero-order chi connectivity index (χ0) is 20.8. The van der Waals surface area contributed by atoms with Crippen molar-refractivity contribution in [2.24, 2.45) is 0 Å². The van der Waals surface area contributed by atoms with E-state index in [2.05, 4.69) is 15.6 Å². The Balaban J connectivity index is 1.34. The third-order valence-electron chi connectivity index (χ3n) is 4.13. The van der Waals surface area contributed by atoms with Gasteiger partial charge in [-0.3, -0.25) is 14.6 Å². The van der Waals surface area contributed by atoms with Gasteiger partial charge in [0.25, 0.3) is 11.8 Å². The van der Waals surface area contributed by atoms with E-state index >= 15 is 0 Å². The number of pyridine rings is 1. The van der Waals surface area contributed by atoms with Gasteiger partial charge in [-0.15, -0.1) is 0 Å². The normalized spacial score (nSPS) is 10.3. The van der Waals surface area contributed by atoms with Crippen LogP contribution in [-0.2, 0) is 0 Å². The lowest BCUT2D eigenvalue weighted by Gasteiger charge is -2.09. The molecular formula is C23H17N3O4. The van der Waals surface area contributed by atoms with E-state index in [4.69, 9.17) is 9.15 Å². The first-order chi connectivity index (χ1) is 14.7. The summed E-state index contributed by atoms with van der Waals surface area (Å²) in [4.78, 5) is 28.4. The Kier molecular flexibility index (Phi) is 5.52. The average Bonchev–Trinajstić information content (AvgIpc) is 3.31. The Bertz CT molecular complexity index is 1120. The van der Waals surface area contributed by atoms with Crippen LogP contribution in [0.25, 0.3) is 0 Å². The maximum atomic E-state index is 12.5. The van der Waals surface area contributed by atoms with Crippen LogP contribution in [0.2, 0.25) is 0 Å². The Hall–Kier alpha value is -4.39. The van der Waals surface area contributed by atoms with Crippen LogP contribution in [0.1, 0.15) is 20.9 Å². The smallest absolute Gasteiger partial charge is 0.291 e. The Morgan fingerprint density at radius 3 is 2.07 bits per heavy atom. The fourth-order valence-electron chi connectivity index (χ4n) is 2.66. The number of anilines is 2. The number of ether oxygens (including phenoxy) is 1. The molecule has 4 aromatic rings. The molecule has 4 rings (SSSR count). The molecule has 7 nitrogen and oxygen atoms in total. The zero-order valence-electron chi connectivity index (χ0n) is 15.7. The van der Waals surface area contributed by atoms with Gasteiger partial charge in [0.05, 0.1) is 12.5 Å². The summed E-state index contributed by atoms with van der Waals surface area (Å²) in [5.41, 5.74) is 1.68. The molecule has 0 aliphatic heterocycles. The number of nitrogens with one attached hydrogen (secondary N) is 2. The van der Waals surface area contributed by atoms with Crippen LogP contribution >= 0.6 is 0 Å². The van der Waals surface area contributed by atoms with E-state index in [1.807, 2.05) is 0 Å². The van der Waals surface area contributed by atoms with Crippen molar-refractivity contribution in [1.82, 2.24) is 4.98 Å². The molecule has 2 N–H and O–H groups in total. The second kappa shape index (κ2) is 8.74. The Morgan fingerprint density at radius 1 is 0.767 bits per heavy atom. The minimum absolute atomic E-state index is 0.225. The predicted octanol–water partition coefficient (Wildman–Crippen LogP) is 4.97. The van der Waals surface area contributed by atoms with Gasteiger partial charge in [0.2, 0.25) is 0 Å². The summed E-state index contributed by atoms with van der Waals surface area (Å²) < 4.78 is 10.7. The number of rotatable bonds is 6. The standard InChI is InChI=1S/C23H17N3O4/c27-22(16-5-11-19(12-6-16)30-20-3-1-13-24-15-20)25-17-7-9-18(10-8-17)26-23(28)21-4-2-14-29-21/h1-15H,(H,25,27)(H,26,28). The summed E-state index contributed by atoms with van der Waals surface area (Å²) in [6.07, 6.45) is 4.71. The van der Waals surface area contributed by atoms with Crippen molar-refractivity contribution in [3.05, 3.63) is 103 Å². The van der Waals surface area contributed by atoms with E-state index in [0.29, 0.717) is 28.4 Å². The summed E-state index contributed by atoms with van der Waals surface area (Å²) in [5, 5.41) is 5.53. The molecule has 0 atom stereocenters. The van der Waals surface area contributed by atoms with Crippen LogP contribution < -0.4 is 15.4 Å². The van der Waals surface area contributed by atoms with Crippen LogP contribution in [0.5, 0.6) is 11.5 Å².